The summed E-state index contributed by atoms with van der Waals surface area (Å²) >= 11 is 0. The van der Waals surface area contributed by atoms with Crippen LogP contribution in [0.5, 0.6) is 5.75 Å². The Balaban J connectivity index is 2.48. The van der Waals surface area contributed by atoms with Gasteiger partial charge >= 0.3 is 0 Å². The number of allylic oxidation sites excluding steroid dienone is 2. The maximum atomic E-state index is 10.6. The Morgan fingerprint density at radius 2 is 1.76 bits per heavy atom. The highest BCUT2D eigenvalue weighted by Gasteiger charge is 2.21. The van der Waals surface area contributed by atoms with Crippen LogP contribution < -0.4 is 0 Å². The predicted molar refractivity (Wildman–Crippen MR) is 107 cm³/mol. The molecule has 142 valence electrons. The van der Waals surface area contributed by atoms with E-state index in [9.17, 15) is 10.2 Å². The Bertz CT molecular complexity index is 495. The average molecular weight is 348 g/mol. The van der Waals surface area contributed by atoms with Gasteiger partial charge in [-0.3, -0.25) is 0 Å². The lowest BCUT2D eigenvalue weighted by Crippen LogP contribution is -2.40. The molecule has 0 bridgehead atoms. The highest BCUT2D eigenvalue weighted by Crippen LogP contribution is 2.18. The number of benzene rings is 1. The largest absolute Gasteiger partial charge is 0.508 e. The quantitative estimate of drug-likeness (QED) is 0.573. The Morgan fingerprint density at radius 1 is 1.12 bits per heavy atom. The summed E-state index contributed by atoms with van der Waals surface area (Å²) in [4.78, 5) is 2.09. The number of phenolic OH excluding ortho intramolecular Hbond substituents is 1. The van der Waals surface area contributed by atoms with Gasteiger partial charge in [0.05, 0.1) is 6.10 Å². The van der Waals surface area contributed by atoms with Gasteiger partial charge in [-0.2, -0.15) is 0 Å². The molecule has 0 fully saturated rings. The van der Waals surface area contributed by atoms with Crippen LogP contribution in [0.2, 0.25) is 0 Å². The highest BCUT2D eigenvalue weighted by molar-refractivity contribution is 5.26. The molecule has 0 saturated heterocycles. The van der Waals surface area contributed by atoms with Crippen LogP contribution in [0.1, 0.15) is 52.0 Å². The molecule has 2 N–H and O–H groups in total. The second-order valence-electron chi connectivity index (χ2n) is 7.70. The Labute approximate surface area is 154 Å². The number of aliphatic hydroxyl groups is 1. The van der Waals surface area contributed by atoms with Crippen LogP contribution in [-0.4, -0.2) is 41.4 Å². The number of hydrogen-bond donors (Lipinski definition) is 2. The zero-order valence-corrected chi connectivity index (χ0v) is 16.7. The molecule has 0 aliphatic rings. The van der Waals surface area contributed by atoms with Crippen molar-refractivity contribution in [2.45, 2.75) is 65.0 Å². The predicted octanol–water partition coefficient (Wildman–Crippen LogP) is 4.63. The van der Waals surface area contributed by atoms with Gasteiger partial charge in [0.25, 0.3) is 0 Å². The van der Waals surface area contributed by atoms with Gasteiger partial charge in [0.1, 0.15) is 5.75 Å². The molecule has 1 rings (SSSR count). The molecule has 0 heterocycles. The molecule has 0 spiro atoms. The SMILES string of the molecule is CC[C@@H](C)C[C@@H](C)/C=C/CC[C@@H](O)[C@H](Cc1ccc(O)cc1)N(C)C. The zero-order valence-electron chi connectivity index (χ0n) is 16.7. The summed E-state index contributed by atoms with van der Waals surface area (Å²) in [7, 11) is 4.02. The number of aliphatic hydroxyl groups excluding tert-OH is 1. The number of likely N-dealkylation sites (N-methyl/N-ethyl adjacent to an activating group) is 1. The number of hydrogen-bond acceptors (Lipinski definition) is 3. The summed E-state index contributed by atoms with van der Waals surface area (Å²) < 4.78 is 0. The van der Waals surface area contributed by atoms with Gasteiger partial charge in [0.2, 0.25) is 0 Å². The lowest BCUT2D eigenvalue weighted by Gasteiger charge is -2.29. The van der Waals surface area contributed by atoms with Gasteiger partial charge in [0.15, 0.2) is 0 Å². The van der Waals surface area contributed by atoms with Gasteiger partial charge in [-0.05, 0) is 69.3 Å². The van der Waals surface area contributed by atoms with Crippen LogP contribution in [0.3, 0.4) is 0 Å². The van der Waals surface area contributed by atoms with E-state index in [1.54, 1.807) is 12.1 Å². The first-order chi connectivity index (χ1) is 11.8. The van der Waals surface area contributed by atoms with Gasteiger partial charge < -0.3 is 15.1 Å². The lowest BCUT2D eigenvalue weighted by atomic mass is 9.94. The van der Waals surface area contributed by atoms with Crippen molar-refractivity contribution in [1.82, 2.24) is 4.90 Å². The van der Waals surface area contributed by atoms with Gasteiger partial charge in [-0.1, -0.05) is 51.5 Å². The van der Waals surface area contributed by atoms with E-state index in [1.165, 1.54) is 12.8 Å². The summed E-state index contributed by atoms with van der Waals surface area (Å²) in [5, 5.41) is 20.0. The zero-order chi connectivity index (χ0) is 18.8. The number of phenols is 1. The smallest absolute Gasteiger partial charge is 0.115 e. The third-order valence-electron chi connectivity index (χ3n) is 5.05. The Morgan fingerprint density at radius 3 is 2.32 bits per heavy atom. The van der Waals surface area contributed by atoms with Crippen molar-refractivity contribution in [1.29, 1.82) is 0 Å². The average Bonchev–Trinajstić information content (AvgIpc) is 2.57. The summed E-state index contributed by atoms with van der Waals surface area (Å²) in [5.74, 6) is 1.66. The molecule has 25 heavy (non-hydrogen) atoms. The molecule has 3 nitrogen and oxygen atoms in total. The minimum atomic E-state index is -0.363. The van der Waals surface area contributed by atoms with Gasteiger partial charge in [-0.25, -0.2) is 0 Å². The molecular formula is C22H37NO2. The fraction of sp³-hybridized carbons (Fsp3) is 0.636. The molecule has 0 unspecified atom stereocenters. The molecule has 0 amide bonds. The van der Waals surface area contributed by atoms with Crippen LogP contribution in [0.25, 0.3) is 0 Å². The molecule has 3 heteroatoms. The van der Waals surface area contributed by atoms with Gasteiger partial charge in [-0.15, -0.1) is 0 Å². The molecule has 0 aliphatic heterocycles. The third kappa shape index (κ3) is 8.55. The second kappa shape index (κ2) is 11.3. The maximum absolute atomic E-state index is 10.6. The number of aromatic hydroxyl groups is 1. The first-order valence-electron chi connectivity index (χ1n) is 9.62. The summed E-state index contributed by atoms with van der Waals surface area (Å²) in [6.07, 6.45) is 9.09. The topological polar surface area (TPSA) is 43.7 Å². The molecule has 0 radical (unpaired) electrons. The monoisotopic (exact) mass is 347 g/mol. The van der Waals surface area contributed by atoms with E-state index in [2.05, 4.69) is 37.8 Å². The van der Waals surface area contributed by atoms with Crippen molar-refractivity contribution in [2.75, 3.05) is 14.1 Å². The van der Waals surface area contributed by atoms with E-state index in [4.69, 9.17) is 0 Å². The molecule has 0 saturated carbocycles. The molecule has 0 aromatic heterocycles. The molecule has 4 atom stereocenters. The van der Waals surface area contributed by atoms with Crippen molar-refractivity contribution in [2.24, 2.45) is 11.8 Å². The van der Waals surface area contributed by atoms with E-state index in [0.717, 1.165) is 30.7 Å². The second-order valence-corrected chi connectivity index (χ2v) is 7.70. The van der Waals surface area contributed by atoms with Crippen LogP contribution in [0, 0.1) is 11.8 Å². The van der Waals surface area contributed by atoms with Crippen molar-refractivity contribution < 1.29 is 10.2 Å². The fourth-order valence-electron chi connectivity index (χ4n) is 3.20. The van der Waals surface area contributed by atoms with E-state index >= 15 is 0 Å². The van der Waals surface area contributed by atoms with E-state index < -0.39 is 0 Å². The van der Waals surface area contributed by atoms with Crippen molar-refractivity contribution in [3.8, 4) is 5.75 Å². The van der Waals surface area contributed by atoms with E-state index in [-0.39, 0.29) is 17.9 Å². The standard InChI is InChI=1S/C22H37NO2/c1-6-17(2)15-18(3)9-7-8-10-22(25)21(23(4)5)16-19-11-13-20(24)14-12-19/h7,9,11-14,17-18,21-22,24-25H,6,8,10,15-16H2,1-5H3/b9-7+/t17-,18+,21+,22-/m1/s1. The minimum absolute atomic E-state index is 0.0791. The van der Waals surface area contributed by atoms with Crippen LogP contribution in [0.4, 0.5) is 0 Å². The molecule has 0 aliphatic carbocycles. The minimum Gasteiger partial charge on any atom is -0.508 e. The van der Waals surface area contributed by atoms with E-state index in [0.29, 0.717) is 5.92 Å². The summed E-state index contributed by atoms with van der Waals surface area (Å²) in [6, 6.07) is 7.34. The van der Waals surface area contributed by atoms with Gasteiger partial charge in [0, 0.05) is 6.04 Å². The van der Waals surface area contributed by atoms with Crippen molar-refractivity contribution >= 4 is 0 Å². The van der Waals surface area contributed by atoms with Crippen LogP contribution >= 0.6 is 0 Å². The first-order valence-corrected chi connectivity index (χ1v) is 9.62. The molecule has 1 aromatic carbocycles. The van der Waals surface area contributed by atoms with Crippen LogP contribution in [0.15, 0.2) is 36.4 Å². The molecule has 1 aromatic rings. The maximum Gasteiger partial charge on any atom is 0.115 e. The third-order valence-corrected chi connectivity index (χ3v) is 5.05. The summed E-state index contributed by atoms with van der Waals surface area (Å²) in [5.41, 5.74) is 1.13. The van der Waals surface area contributed by atoms with Crippen LogP contribution in [-0.2, 0) is 6.42 Å². The van der Waals surface area contributed by atoms with Crippen molar-refractivity contribution in [3.63, 3.8) is 0 Å². The lowest BCUT2D eigenvalue weighted by molar-refractivity contribution is 0.0699. The Hall–Kier alpha value is -1.32. The van der Waals surface area contributed by atoms with E-state index in [1.807, 2.05) is 26.2 Å². The Kier molecular flexibility index (Phi) is 9.84. The number of rotatable bonds is 11. The molecular weight excluding hydrogens is 310 g/mol. The number of nitrogens with zero attached hydrogens (tertiary/aromatic N) is 1. The fourth-order valence-corrected chi connectivity index (χ4v) is 3.20. The highest BCUT2D eigenvalue weighted by atomic mass is 16.3. The first kappa shape index (κ1) is 21.7. The normalized spacial score (nSPS) is 16.9. The summed E-state index contributed by atoms with van der Waals surface area (Å²) in [6.45, 7) is 6.82. The van der Waals surface area contributed by atoms with Crippen molar-refractivity contribution in [3.05, 3.63) is 42.0 Å².